The molecule has 0 bridgehead atoms. The number of benzene rings is 1. The summed E-state index contributed by atoms with van der Waals surface area (Å²) in [7, 11) is 0.806. The molecule has 0 heterocycles. The van der Waals surface area contributed by atoms with Gasteiger partial charge in [-0.05, 0) is 0 Å². The second-order valence-corrected chi connectivity index (χ2v) is 1.53. The number of aldehydes is 1. The van der Waals surface area contributed by atoms with E-state index in [4.69, 9.17) is 0 Å². The maximum absolute atomic E-state index is 10.0. The summed E-state index contributed by atoms with van der Waals surface area (Å²) in [5.74, 6) is 0. The van der Waals surface area contributed by atoms with Crippen molar-refractivity contribution in [3.05, 3.63) is 35.9 Å². The van der Waals surface area contributed by atoms with E-state index in [1.165, 1.54) is 0 Å². The van der Waals surface area contributed by atoms with Crippen LogP contribution in [0.1, 0.15) is 10.4 Å². The molecule has 0 saturated heterocycles. The molecule has 0 aliphatic rings. The molecule has 1 rings (SSSR count). The van der Waals surface area contributed by atoms with Gasteiger partial charge in [0.2, 0.25) is 0 Å². The molecule has 54 valence electrons. The largest absolute Gasteiger partial charge is 0.358 e. The average Bonchev–Trinajstić information content (AvgIpc) is 2.10. The van der Waals surface area contributed by atoms with Gasteiger partial charge in [0.05, 0.1) is 10.4 Å². The summed E-state index contributed by atoms with van der Waals surface area (Å²) < 4.78 is 0. The summed E-state index contributed by atoms with van der Waals surface area (Å²) in [5, 5.41) is 4.64. The molecule has 0 amide bonds. The zero-order chi connectivity index (χ0) is 7.82. The Morgan fingerprint density at radius 3 is 2.00 bits per heavy atom. The number of hydrogen-bond donors (Lipinski definition) is 1. The highest BCUT2D eigenvalue weighted by Crippen LogP contribution is 1.91. The van der Waals surface area contributed by atoms with Crippen molar-refractivity contribution in [1.29, 1.82) is 0 Å². The van der Waals surface area contributed by atoms with Gasteiger partial charge in [-0.2, -0.15) is 0 Å². The minimum atomic E-state index is 0.729. The standard InChI is InChI=1S/C7H6O.H5NSi/c8-6-7-4-2-1-3-5-7;1-2/h1-6H;1H2,2H3. The second kappa shape index (κ2) is 6.19. The van der Waals surface area contributed by atoms with Crippen LogP contribution in [0.25, 0.3) is 0 Å². The molecular formula is C7H11NOSi. The van der Waals surface area contributed by atoms with E-state index in [1.54, 1.807) is 12.1 Å². The summed E-state index contributed by atoms with van der Waals surface area (Å²) in [4.78, 5) is 10.0. The van der Waals surface area contributed by atoms with Gasteiger partial charge in [0.1, 0.15) is 6.29 Å². The Labute approximate surface area is 63.6 Å². The minimum Gasteiger partial charge on any atom is -0.358 e. The summed E-state index contributed by atoms with van der Waals surface area (Å²) >= 11 is 0. The van der Waals surface area contributed by atoms with Crippen LogP contribution in [0.3, 0.4) is 0 Å². The van der Waals surface area contributed by atoms with E-state index in [1.807, 2.05) is 18.2 Å². The van der Waals surface area contributed by atoms with E-state index in [0.717, 1.165) is 22.3 Å². The molecule has 0 fully saturated rings. The lowest BCUT2D eigenvalue weighted by Gasteiger charge is -1.81. The van der Waals surface area contributed by atoms with Crippen molar-refractivity contribution in [3.8, 4) is 0 Å². The highest BCUT2D eigenvalue weighted by Gasteiger charge is 1.79. The van der Waals surface area contributed by atoms with Crippen LogP contribution in [-0.2, 0) is 0 Å². The zero-order valence-corrected chi connectivity index (χ0v) is 7.95. The number of rotatable bonds is 1. The van der Waals surface area contributed by atoms with E-state index in [2.05, 4.69) is 5.40 Å². The van der Waals surface area contributed by atoms with Gasteiger partial charge in [-0.15, -0.1) is 0 Å². The summed E-state index contributed by atoms with van der Waals surface area (Å²) in [6.07, 6.45) is 0.833. The quantitative estimate of drug-likeness (QED) is 0.445. The van der Waals surface area contributed by atoms with Gasteiger partial charge >= 0.3 is 0 Å². The van der Waals surface area contributed by atoms with Crippen LogP contribution >= 0.6 is 0 Å². The fourth-order valence-corrected chi connectivity index (χ4v) is 0.532. The Hall–Kier alpha value is -0.933. The second-order valence-electron chi connectivity index (χ2n) is 1.53. The van der Waals surface area contributed by atoms with Gasteiger partial charge in [-0.25, -0.2) is 0 Å². The molecule has 0 aromatic heterocycles. The third kappa shape index (κ3) is 3.16. The van der Waals surface area contributed by atoms with Gasteiger partial charge in [-0.1, -0.05) is 30.3 Å². The van der Waals surface area contributed by atoms with Crippen LogP contribution in [0.2, 0.25) is 0 Å². The van der Waals surface area contributed by atoms with E-state index < -0.39 is 0 Å². The lowest BCUT2D eigenvalue weighted by molar-refractivity contribution is 0.112. The molecule has 0 saturated carbocycles. The van der Waals surface area contributed by atoms with Crippen LogP contribution in [0.4, 0.5) is 0 Å². The Bertz CT molecular complexity index is 176. The van der Waals surface area contributed by atoms with Crippen LogP contribution in [0, 0.1) is 0 Å². The Morgan fingerprint density at radius 2 is 1.70 bits per heavy atom. The number of hydrogen-bond acceptors (Lipinski definition) is 2. The molecule has 10 heavy (non-hydrogen) atoms. The maximum atomic E-state index is 10.0. The Balaban J connectivity index is 0.000000371. The lowest BCUT2D eigenvalue weighted by atomic mass is 10.2. The van der Waals surface area contributed by atoms with Gasteiger partial charge in [-0.3, -0.25) is 4.79 Å². The van der Waals surface area contributed by atoms with Crippen molar-refractivity contribution >= 4 is 16.7 Å². The molecule has 2 nitrogen and oxygen atoms in total. The third-order valence-corrected chi connectivity index (χ3v) is 0.936. The highest BCUT2D eigenvalue weighted by atomic mass is 28.2. The third-order valence-electron chi connectivity index (χ3n) is 0.936. The van der Waals surface area contributed by atoms with Crippen molar-refractivity contribution in [2.45, 2.75) is 0 Å². The van der Waals surface area contributed by atoms with Crippen molar-refractivity contribution < 1.29 is 4.79 Å². The Morgan fingerprint density at radius 1 is 1.20 bits per heavy atom. The van der Waals surface area contributed by atoms with Gasteiger partial charge < -0.3 is 5.40 Å². The minimum absolute atomic E-state index is 0.729. The van der Waals surface area contributed by atoms with Crippen molar-refractivity contribution in [3.63, 3.8) is 0 Å². The lowest BCUT2D eigenvalue weighted by Crippen LogP contribution is -1.75. The van der Waals surface area contributed by atoms with E-state index in [-0.39, 0.29) is 0 Å². The molecule has 0 spiro atoms. The molecule has 1 aromatic carbocycles. The Kier molecular flexibility index (Phi) is 5.61. The smallest absolute Gasteiger partial charge is 0.150 e. The van der Waals surface area contributed by atoms with Crippen LogP contribution in [-0.4, -0.2) is 16.7 Å². The van der Waals surface area contributed by atoms with Crippen LogP contribution < -0.4 is 5.40 Å². The predicted molar refractivity (Wildman–Crippen MR) is 46.0 cm³/mol. The number of carbonyl (C=O) groups excluding carboxylic acids is 1. The van der Waals surface area contributed by atoms with E-state index >= 15 is 0 Å². The highest BCUT2D eigenvalue weighted by molar-refractivity contribution is 6.02. The normalized spacial score (nSPS) is 7.70. The topological polar surface area (TPSA) is 43.1 Å². The molecule has 1 aromatic rings. The van der Waals surface area contributed by atoms with Gasteiger partial charge in [0.15, 0.2) is 0 Å². The number of nitrogens with two attached hydrogens (primary N) is 1. The molecule has 2 N–H and O–H groups in total. The summed E-state index contributed by atoms with van der Waals surface area (Å²) in [5.41, 5.74) is 0.729. The molecule has 0 atom stereocenters. The summed E-state index contributed by atoms with van der Waals surface area (Å²) in [6.45, 7) is 0. The average molecular weight is 153 g/mol. The molecule has 3 heteroatoms. The first-order valence-corrected chi connectivity index (χ1v) is 4.17. The number of carbonyl (C=O) groups is 1. The van der Waals surface area contributed by atoms with Crippen molar-refractivity contribution in [2.75, 3.05) is 0 Å². The van der Waals surface area contributed by atoms with Crippen LogP contribution in [0.15, 0.2) is 30.3 Å². The van der Waals surface area contributed by atoms with Gasteiger partial charge in [0.25, 0.3) is 0 Å². The molecular weight excluding hydrogens is 142 g/mol. The van der Waals surface area contributed by atoms with E-state index in [9.17, 15) is 4.79 Å². The fourth-order valence-electron chi connectivity index (χ4n) is 0.532. The fraction of sp³-hybridized carbons (Fsp3) is 0. The van der Waals surface area contributed by atoms with Gasteiger partial charge in [0, 0.05) is 5.56 Å². The first kappa shape index (κ1) is 9.07. The summed E-state index contributed by atoms with van der Waals surface area (Å²) in [6, 6.07) is 9.10. The molecule has 0 aliphatic heterocycles. The van der Waals surface area contributed by atoms with E-state index in [0.29, 0.717) is 0 Å². The van der Waals surface area contributed by atoms with Crippen LogP contribution in [0.5, 0.6) is 0 Å². The molecule has 0 aliphatic carbocycles. The maximum Gasteiger partial charge on any atom is 0.150 e. The zero-order valence-electron chi connectivity index (χ0n) is 5.95. The molecule has 0 unspecified atom stereocenters. The predicted octanol–water partition coefficient (Wildman–Crippen LogP) is -0.275. The molecule has 0 radical (unpaired) electrons. The first-order valence-electron chi connectivity index (χ1n) is 3.01. The monoisotopic (exact) mass is 153 g/mol. The van der Waals surface area contributed by atoms with Crippen molar-refractivity contribution in [1.82, 2.24) is 0 Å². The van der Waals surface area contributed by atoms with Crippen molar-refractivity contribution in [2.24, 2.45) is 5.40 Å². The first-order chi connectivity index (χ1) is 4.93. The SMILES string of the molecule is N[SiH3].O=Cc1ccccc1.